The molecule has 2 aromatic heterocycles. The summed E-state index contributed by atoms with van der Waals surface area (Å²) in [4.78, 5) is 18.9. The van der Waals surface area contributed by atoms with Crippen molar-refractivity contribution in [2.45, 2.75) is 51.1 Å². The number of rotatable bonds is 6. The lowest BCUT2D eigenvalue weighted by Crippen LogP contribution is -2.34. The number of ether oxygens (including phenoxy) is 1. The molecule has 1 saturated carbocycles. The van der Waals surface area contributed by atoms with Crippen LogP contribution in [0.15, 0.2) is 53.3 Å². The number of para-hydroxylation sites is 1. The maximum atomic E-state index is 13.5. The Labute approximate surface area is 197 Å². The van der Waals surface area contributed by atoms with Crippen molar-refractivity contribution in [3.8, 4) is 5.75 Å². The van der Waals surface area contributed by atoms with E-state index in [1.807, 2.05) is 41.9 Å². The topological polar surface area (TPSA) is 88.9 Å². The zero-order chi connectivity index (χ0) is 23.1. The van der Waals surface area contributed by atoms with Crippen LogP contribution in [0.4, 0.5) is 5.69 Å². The first-order chi connectivity index (χ1) is 16.7. The smallest absolute Gasteiger partial charge is 0.254 e. The van der Waals surface area contributed by atoms with Gasteiger partial charge in [-0.3, -0.25) is 4.79 Å². The highest BCUT2D eigenvalue weighted by molar-refractivity contribution is 5.81. The number of aromatic amines is 1. The Balaban J connectivity index is 1.54. The van der Waals surface area contributed by atoms with E-state index in [0.717, 1.165) is 54.0 Å². The quantitative estimate of drug-likeness (QED) is 0.468. The van der Waals surface area contributed by atoms with Crippen LogP contribution < -0.4 is 15.2 Å². The van der Waals surface area contributed by atoms with Gasteiger partial charge in [-0.2, -0.15) is 0 Å². The van der Waals surface area contributed by atoms with Crippen LogP contribution in [0.1, 0.15) is 61.6 Å². The zero-order valence-corrected chi connectivity index (χ0v) is 19.3. The number of pyridine rings is 1. The molecule has 2 aromatic carbocycles. The van der Waals surface area contributed by atoms with Crippen molar-refractivity contribution >= 4 is 16.6 Å². The molecule has 0 amide bonds. The molecule has 0 radical (unpaired) electrons. The zero-order valence-electron chi connectivity index (χ0n) is 19.3. The standard InChI is InChI=1S/C26H28N6O2/c1-2-34-20-11-12-22-18(15-20)16-21(26(33)27-22)24(31-14-13-17-7-3-6-10-23(17)31)25-28-29-30-32(25)19-8-4-5-9-19/h3,6-7,10-12,15-16,19,24H,2,4-5,8-9,13-14H2,1H3,(H,27,33)/t24-/m1/s1. The highest BCUT2D eigenvalue weighted by Gasteiger charge is 2.36. The summed E-state index contributed by atoms with van der Waals surface area (Å²) >= 11 is 0. The molecule has 8 nitrogen and oxygen atoms in total. The predicted octanol–water partition coefficient (Wildman–Crippen LogP) is 4.18. The Bertz CT molecular complexity index is 1390. The number of aromatic nitrogens is 5. The third-order valence-corrected chi connectivity index (χ3v) is 7.12. The fourth-order valence-corrected chi connectivity index (χ4v) is 5.53. The first-order valence-electron chi connectivity index (χ1n) is 12.1. The van der Waals surface area contributed by atoms with E-state index in [4.69, 9.17) is 4.74 Å². The Morgan fingerprint density at radius 1 is 1.15 bits per heavy atom. The van der Waals surface area contributed by atoms with Crippen LogP contribution in [0.3, 0.4) is 0 Å². The average molecular weight is 457 g/mol. The maximum absolute atomic E-state index is 13.5. The van der Waals surface area contributed by atoms with E-state index in [1.54, 1.807) is 0 Å². The van der Waals surface area contributed by atoms with Gasteiger partial charge in [0, 0.05) is 28.7 Å². The van der Waals surface area contributed by atoms with E-state index >= 15 is 0 Å². The van der Waals surface area contributed by atoms with Gasteiger partial charge in [0.15, 0.2) is 5.82 Å². The number of H-pyrrole nitrogens is 1. The van der Waals surface area contributed by atoms with Crippen LogP contribution in [0, 0.1) is 0 Å². The third kappa shape index (κ3) is 3.54. The minimum Gasteiger partial charge on any atom is -0.494 e. The molecule has 174 valence electrons. The minimum absolute atomic E-state index is 0.119. The fourth-order valence-electron chi connectivity index (χ4n) is 5.53. The van der Waals surface area contributed by atoms with Gasteiger partial charge < -0.3 is 14.6 Å². The van der Waals surface area contributed by atoms with Crippen molar-refractivity contribution in [3.63, 3.8) is 0 Å². The molecule has 8 heteroatoms. The number of anilines is 1. The molecule has 0 unspecified atom stereocenters. The summed E-state index contributed by atoms with van der Waals surface area (Å²) in [5, 5.41) is 13.9. The van der Waals surface area contributed by atoms with Crippen LogP contribution in [0.5, 0.6) is 5.75 Å². The number of nitrogens with zero attached hydrogens (tertiary/aromatic N) is 5. The second-order valence-corrected chi connectivity index (χ2v) is 9.13. The van der Waals surface area contributed by atoms with Crippen molar-refractivity contribution in [1.29, 1.82) is 0 Å². The molecule has 3 heterocycles. The minimum atomic E-state index is -0.386. The summed E-state index contributed by atoms with van der Waals surface area (Å²) < 4.78 is 7.68. The molecule has 4 aromatic rings. The van der Waals surface area contributed by atoms with E-state index in [2.05, 4.69) is 43.6 Å². The van der Waals surface area contributed by atoms with Gasteiger partial charge in [0.1, 0.15) is 11.8 Å². The number of tetrazole rings is 1. The molecule has 0 saturated heterocycles. The molecule has 0 spiro atoms. The first kappa shape index (κ1) is 20.9. The number of benzene rings is 2. The number of fused-ring (bicyclic) bond motifs is 2. The van der Waals surface area contributed by atoms with Crippen molar-refractivity contribution in [2.24, 2.45) is 0 Å². The average Bonchev–Trinajstić information content (AvgIpc) is 3.61. The van der Waals surface area contributed by atoms with Crippen LogP contribution >= 0.6 is 0 Å². The van der Waals surface area contributed by atoms with Gasteiger partial charge in [-0.25, -0.2) is 4.68 Å². The van der Waals surface area contributed by atoms with Crippen molar-refractivity contribution < 1.29 is 4.74 Å². The molecule has 2 aliphatic rings. The summed E-state index contributed by atoms with van der Waals surface area (Å²) in [7, 11) is 0. The fraction of sp³-hybridized carbons (Fsp3) is 0.385. The summed E-state index contributed by atoms with van der Waals surface area (Å²) in [6.07, 6.45) is 5.41. The Kier molecular flexibility index (Phi) is 5.28. The third-order valence-electron chi connectivity index (χ3n) is 7.12. The highest BCUT2D eigenvalue weighted by Crippen LogP contribution is 2.39. The lowest BCUT2D eigenvalue weighted by atomic mass is 10.0. The van der Waals surface area contributed by atoms with Crippen molar-refractivity contribution in [1.82, 2.24) is 25.2 Å². The number of nitrogens with one attached hydrogen (secondary N) is 1. The van der Waals surface area contributed by atoms with Gasteiger partial charge >= 0.3 is 0 Å². The Morgan fingerprint density at radius 2 is 2.00 bits per heavy atom. The number of hydrogen-bond acceptors (Lipinski definition) is 6. The van der Waals surface area contributed by atoms with Gasteiger partial charge in [0.25, 0.3) is 5.56 Å². The molecule has 1 atom stereocenters. The van der Waals surface area contributed by atoms with E-state index < -0.39 is 0 Å². The second kappa shape index (κ2) is 8.59. The molecular weight excluding hydrogens is 428 g/mol. The van der Waals surface area contributed by atoms with E-state index in [9.17, 15) is 4.79 Å². The van der Waals surface area contributed by atoms with Gasteiger partial charge in [0.05, 0.1) is 12.6 Å². The largest absolute Gasteiger partial charge is 0.494 e. The molecule has 1 fully saturated rings. The first-order valence-corrected chi connectivity index (χ1v) is 12.1. The predicted molar refractivity (Wildman–Crippen MR) is 130 cm³/mol. The molecule has 6 rings (SSSR count). The van der Waals surface area contributed by atoms with E-state index in [-0.39, 0.29) is 17.6 Å². The van der Waals surface area contributed by atoms with E-state index in [1.165, 1.54) is 18.4 Å². The molecule has 1 aliphatic carbocycles. The van der Waals surface area contributed by atoms with E-state index in [0.29, 0.717) is 12.2 Å². The number of hydrogen-bond donors (Lipinski definition) is 1. The SMILES string of the molecule is CCOc1ccc2[nH]c(=O)c([C@H](c3nnnn3C3CCCC3)N3CCc4ccccc43)cc2c1. The van der Waals surface area contributed by atoms with Crippen LogP contribution in [-0.4, -0.2) is 38.3 Å². The molecule has 1 N–H and O–H groups in total. The van der Waals surface area contributed by atoms with Crippen LogP contribution in [0.2, 0.25) is 0 Å². The Hall–Kier alpha value is -3.68. The highest BCUT2D eigenvalue weighted by atomic mass is 16.5. The van der Waals surface area contributed by atoms with Gasteiger partial charge in [-0.1, -0.05) is 31.0 Å². The summed E-state index contributed by atoms with van der Waals surface area (Å²) in [5.41, 5.74) is 3.73. The molecule has 34 heavy (non-hydrogen) atoms. The molecule has 0 bridgehead atoms. The summed E-state index contributed by atoms with van der Waals surface area (Å²) in [6.45, 7) is 3.36. The van der Waals surface area contributed by atoms with Crippen molar-refractivity contribution in [3.05, 3.63) is 75.8 Å². The summed E-state index contributed by atoms with van der Waals surface area (Å²) in [5.74, 6) is 1.52. The van der Waals surface area contributed by atoms with Gasteiger partial charge in [-0.05, 0) is 72.5 Å². The lowest BCUT2D eigenvalue weighted by molar-refractivity contribution is 0.340. The Morgan fingerprint density at radius 3 is 2.85 bits per heavy atom. The maximum Gasteiger partial charge on any atom is 0.254 e. The monoisotopic (exact) mass is 456 g/mol. The molecule has 1 aliphatic heterocycles. The normalized spacial score (nSPS) is 16.8. The van der Waals surface area contributed by atoms with Gasteiger partial charge in [-0.15, -0.1) is 5.10 Å². The molecular formula is C26H28N6O2. The van der Waals surface area contributed by atoms with Crippen LogP contribution in [-0.2, 0) is 6.42 Å². The lowest BCUT2D eigenvalue weighted by Gasteiger charge is -2.30. The second-order valence-electron chi connectivity index (χ2n) is 9.13. The summed E-state index contributed by atoms with van der Waals surface area (Å²) in [6, 6.07) is 16.0. The van der Waals surface area contributed by atoms with Crippen LogP contribution in [0.25, 0.3) is 10.9 Å². The van der Waals surface area contributed by atoms with Gasteiger partial charge in [0.2, 0.25) is 0 Å². The van der Waals surface area contributed by atoms with Crippen molar-refractivity contribution in [2.75, 3.05) is 18.1 Å².